The minimum Gasteiger partial charge on any atom is -0.481 e. The molecule has 168 valence electrons. The second kappa shape index (κ2) is 9.95. The molecule has 4 aromatic rings. The summed E-state index contributed by atoms with van der Waals surface area (Å²) < 4.78 is 0.872. The normalized spacial score (nSPS) is 11.9. The Morgan fingerprint density at radius 1 is 1.15 bits per heavy atom. The molecule has 0 aliphatic rings. The second-order valence-corrected chi connectivity index (χ2v) is 8.75. The van der Waals surface area contributed by atoms with E-state index in [4.69, 9.17) is 5.11 Å². The van der Waals surface area contributed by atoms with Gasteiger partial charge < -0.3 is 15.4 Å². The second-order valence-electron chi connectivity index (χ2n) is 7.90. The standard InChI is InChI=1S/C25H23BrN4O3/c1-15-3-6-18(20(26)11-15)24(25-27-9-2-10-28-25)30-22(31)13-16-4-7-21-19(12-16)17(14-29-21)5-8-23(32)33/h2-4,6-7,9-12,14,24,29H,5,8,13H2,1H3,(H,30,31)(H,32,33). The van der Waals surface area contributed by atoms with Gasteiger partial charge >= 0.3 is 5.97 Å². The topological polar surface area (TPSA) is 108 Å². The van der Waals surface area contributed by atoms with E-state index in [-0.39, 0.29) is 18.7 Å². The molecule has 8 heteroatoms. The summed E-state index contributed by atoms with van der Waals surface area (Å²) in [5, 5.41) is 13.0. The van der Waals surface area contributed by atoms with E-state index >= 15 is 0 Å². The Morgan fingerprint density at radius 3 is 2.67 bits per heavy atom. The van der Waals surface area contributed by atoms with E-state index in [9.17, 15) is 9.59 Å². The van der Waals surface area contributed by atoms with Gasteiger partial charge in [0.2, 0.25) is 5.91 Å². The molecule has 33 heavy (non-hydrogen) atoms. The zero-order chi connectivity index (χ0) is 23.4. The maximum atomic E-state index is 13.1. The summed E-state index contributed by atoms with van der Waals surface area (Å²) in [5.74, 6) is -0.495. The Morgan fingerprint density at radius 2 is 1.94 bits per heavy atom. The van der Waals surface area contributed by atoms with Gasteiger partial charge in [0.25, 0.3) is 0 Å². The smallest absolute Gasteiger partial charge is 0.303 e. The van der Waals surface area contributed by atoms with Crippen molar-refractivity contribution >= 4 is 38.7 Å². The van der Waals surface area contributed by atoms with Crippen LogP contribution in [0.25, 0.3) is 10.9 Å². The van der Waals surface area contributed by atoms with Crippen molar-refractivity contribution in [1.29, 1.82) is 0 Å². The van der Waals surface area contributed by atoms with Crippen molar-refractivity contribution in [1.82, 2.24) is 20.3 Å². The van der Waals surface area contributed by atoms with Crippen LogP contribution in [-0.4, -0.2) is 31.9 Å². The fraction of sp³-hybridized carbons (Fsp3) is 0.200. The molecule has 0 radical (unpaired) electrons. The molecule has 0 saturated heterocycles. The molecule has 0 fully saturated rings. The number of aromatic amines is 1. The summed E-state index contributed by atoms with van der Waals surface area (Å²) in [6.45, 7) is 2.00. The highest BCUT2D eigenvalue weighted by Gasteiger charge is 2.22. The first kappa shape index (κ1) is 22.7. The van der Waals surface area contributed by atoms with Gasteiger partial charge in [-0.05, 0) is 59.9 Å². The van der Waals surface area contributed by atoms with Crippen molar-refractivity contribution in [2.75, 3.05) is 0 Å². The summed E-state index contributed by atoms with van der Waals surface area (Å²) in [6, 6.07) is 12.9. The lowest BCUT2D eigenvalue weighted by Crippen LogP contribution is -2.32. The summed E-state index contributed by atoms with van der Waals surface area (Å²) >= 11 is 3.61. The molecule has 0 saturated carbocycles. The number of carboxylic acid groups (broad SMARTS) is 1. The number of halogens is 1. The molecule has 3 N–H and O–H groups in total. The third-order valence-corrected chi connectivity index (χ3v) is 6.11. The lowest BCUT2D eigenvalue weighted by atomic mass is 10.0. The molecule has 4 rings (SSSR count). The van der Waals surface area contributed by atoms with Gasteiger partial charge in [0.15, 0.2) is 5.82 Å². The number of carbonyl (C=O) groups is 2. The summed E-state index contributed by atoms with van der Waals surface area (Å²) in [6.07, 6.45) is 5.80. The Labute approximate surface area is 199 Å². The van der Waals surface area contributed by atoms with Crippen LogP contribution in [0.2, 0.25) is 0 Å². The van der Waals surface area contributed by atoms with Crippen LogP contribution in [0.1, 0.15) is 40.5 Å². The van der Waals surface area contributed by atoms with Gasteiger partial charge in [-0.1, -0.05) is 34.1 Å². The van der Waals surface area contributed by atoms with Crippen LogP contribution in [0, 0.1) is 6.92 Å². The van der Waals surface area contributed by atoms with Crippen molar-refractivity contribution in [3.05, 3.63) is 93.6 Å². The predicted octanol–water partition coefficient (Wildman–Crippen LogP) is 4.49. The van der Waals surface area contributed by atoms with Crippen LogP contribution in [0.4, 0.5) is 0 Å². The number of hydrogen-bond acceptors (Lipinski definition) is 4. The molecule has 2 aromatic carbocycles. The van der Waals surface area contributed by atoms with Crippen molar-refractivity contribution in [3.8, 4) is 0 Å². The van der Waals surface area contributed by atoms with Crippen molar-refractivity contribution < 1.29 is 14.7 Å². The number of nitrogens with zero attached hydrogens (tertiary/aromatic N) is 2. The van der Waals surface area contributed by atoms with E-state index < -0.39 is 12.0 Å². The minimum absolute atomic E-state index is 0.0574. The number of aliphatic carboxylic acids is 1. The number of H-pyrrole nitrogens is 1. The number of carbonyl (C=O) groups excluding carboxylic acids is 1. The van der Waals surface area contributed by atoms with Crippen LogP contribution in [-0.2, 0) is 22.4 Å². The van der Waals surface area contributed by atoms with Gasteiger partial charge in [0, 0.05) is 40.4 Å². The maximum absolute atomic E-state index is 13.1. The first-order valence-corrected chi connectivity index (χ1v) is 11.3. The number of rotatable bonds is 8. The van der Waals surface area contributed by atoms with Gasteiger partial charge in [-0.15, -0.1) is 0 Å². The molecule has 7 nitrogen and oxygen atoms in total. The molecule has 0 spiro atoms. The molecular formula is C25H23BrN4O3. The summed E-state index contributed by atoms with van der Waals surface area (Å²) in [4.78, 5) is 35.9. The Bertz CT molecular complexity index is 1300. The number of carboxylic acids is 1. The van der Waals surface area contributed by atoms with Crippen LogP contribution in [0.15, 0.2) is 65.5 Å². The van der Waals surface area contributed by atoms with Crippen LogP contribution < -0.4 is 5.32 Å². The van der Waals surface area contributed by atoms with Crippen LogP contribution in [0.5, 0.6) is 0 Å². The van der Waals surface area contributed by atoms with E-state index in [0.717, 1.165) is 37.6 Å². The van der Waals surface area contributed by atoms with E-state index in [2.05, 4.69) is 36.2 Å². The average molecular weight is 507 g/mol. The van der Waals surface area contributed by atoms with Crippen molar-refractivity contribution in [2.24, 2.45) is 0 Å². The number of aryl methyl sites for hydroxylation is 2. The molecule has 1 amide bonds. The Hall–Kier alpha value is -3.52. The van der Waals surface area contributed by atoms with E-state index in [1.165, 1.54) is 0 Å². The van der Waals surface area contributed by atoms with Gasteiger partial charge in [-0.2, -0.15) is 0 Å². The third-order valence-electron chi connectivity index (χ3n) is 5.42. The molecule has 0 aliphatic heterocycles. The number of aromatic nitrogens is 3. The monoisotopic (exact) mass is 506 g/mol. The minimum atomic E-state index is -0.837. The fourth-order valence-electron chi connectivity index (χ4n) is 3.79. The Balaban J connectivity index is 1.57. The molecule has 1 unspecified atom stereocenters. The summed E-state index contributed by atoms with van der Waals surface area (Å²) in [7, 11) is 0. The zero-order valence-corrected chi connectivity index (χ0v) is 19.6. The average Bonchev–Trinajstić information content (AvgIpc) is 3.19. The molecule has 0 aliphatic carbocycles. The van der Waals surface area contributed by atoms with E-state index in [0.29, 0.717) is 12.2 Å². The Kier molecular flexibility index (Phi) is 6.84. The lowest BCUT2D eigenvalue weighted by molar-refractivity contribution is -0.137. The van der Waals surface area contributed by atoms with Gasteiger partial charge in [0.1, 0.15) is 6.04 Å². The molecule has 1 atom stereocenters. The van der Waals surface area contributed by atoms with E-state index in [1.807, 2.05) is 49.5 Å². The number of benzene rings is 2. The largest absolute Gasteiger partial charge is 0.481 e. The highest BCUT2D eigenvalue weighted by molar-refractivity contribution is 9.10. The van der Waals surface area contributed by atoms with E-state index in [1.54, 1.807) is 18.5 Å². The van der Waals surface area contributed by atoms with Crippen LogP contribution in [0.3, 0.4) is 0 Å². The van der Waals surface area contributed by atoms with Gasteiger partial charge in [-0.25, -0.2) is 9.97 Å². The molecule has 2 heterocycles. The summed E-state index contributed by atoms with van der Waals surface area (Å²) in [5.41, 5.74) is 4.65. The van der Waals surface area contributed by atoms with Crippen molar-refractivity contribution in [3.63, 3.8) is 0 Å². The predicted molar refractivity (Wildman–Crippen MR) is 129 cm³/mol. The SMILES string of the molecule is Cc1ccc(C(NC(=O)Cc2ccc3[nH]cc(CCC(=O)O)c3c2)c2ncccn2)c(Br)c1. The maximum Gasteiger partial charge on any atom is 0.303 e. The fourth-order valence-corrected chi connectivity index (χ4v) is 4.51. The zero-order valence-electron chi connectivity index (χ0n) is 18.0. The quantitative estimate of drug-likeness (QED) is 0.326. The molecule has 0 bridgehead atoms. The number of amides is 1. The van der Waals surface area contributed by atoms with Crippen LogP contribution >= 0.6 is 15.9 Å². The first-order chi connectivity index (χ1) is 15.9. The number of nitrogens with one attached hydrogen (secondary N) is 2. The molecule has 2 aromatic heterocycles. The number of fused-ring (bicyclic) bond motifs is 1. The molecular weight excluding hydrogens is 484 g/mol. The first-order valence-electron chi connectivity index (χ1n) is 10.5. The number of hydrogen-bond donors (Lipinski definition) is 3. The lowest BCUT2D eigenvalue weighted by Gasteiger charge is -2.19. The van der Waals surface area contributed by atoms with Crippen molar-refractivity contribution in [2.45, 2.75) is 32.2 Å². The highest BCUT2D eigenvalue weighted by atomic mass is 79.9. The van der Waals surface area contributed by atoms with Gasteiger partial charge in [-0.3, -0.25) is 9.59 Å². The highest BCUT2D eigenvalue weighted by Crippen LogP contribution is 2.28. The van der Waals surface area contributed by atoms with Gasteiger partial charge in [0.05, 0.1) is 6.42 Å². The third kappa shape index (κ3) is 5.46.